The summed E-state index contributed by atoms with van der Waals surface area (Å²) < 4.78 is 0. The lowest BCUT2D eigenvalue weighted by atomic mass is 9.91. The zero-order valence-electron chi connectivity index (χ0n) is 11.5. The number of hydrogen-bond donors (Lipinski definition) is 1. The first-order valence-electron chi connectivity index (χ1n) is 7.36. The summed E-state index contributed by atoms with van der Waals surface area (Å²) in [4.78, 5) is 13.6. The fourth-order valence-electron chi connectivity index (χ4n) is 3.16. The zero-order chi connectivity index (χ0) is 12.8. The fraction of sp³-hybridized carbons (Fsp3) is 0.800. The topological polar surface area (TPSA) is 32.3 Å². The Kier molecular flexibility index (Phi) is 5.24. The monoisotopic (exact) mass is 250 g/mol. The van der Waals surface area contributed by atoms with Crippen molar-refractivity contribution in [3.63, 3.8) is 0 Å². The van der Waals surface area contributed by atoms with Crippen LogP contribution in [0, 0.1) is 11.8 Å². The molecule has 1 amide bonds. The number of nitrogens with zero attached hydrogens (tertiary/aromatic N) is 1. The van der Waals surface area contributed by atoms with E-state index in [-0.39, 0.29) is 5.91 Å². The molecule has 2 rings (SSSR count). The van der Waals surface area contributed by atoms with Gasteiger partial charge in [-0.05, 0) is 50.5 Å². The van der Waals surface area contributed by atoms with Gasteiger partial charge in [0.15, 0.2) is 0 Å². The maximum absolute atomic E-state index is 11.0. The van der Waals surface area contributed by atoms with Crippen molar-refractivity contribution in [1.29, 1.82) is 0 Å². The molecule has 0 aromatic carbocycles. The summed E-state index contributed by atoms with van der Waals surface area (Å²) in [7, 11) is 0. The number of nitrogens with one attached hydrogen (secondary N) is 1. The molecular formula is C15H26N2O. The third kappa shape index (κ3) is 4.45. The zero-order valence-corrected chi connectivity index (χ0v) is 11.5. The second-order valence-electron chi connectivity index (χ2n) is 5.86. The van der Waals surface area contributed by atoms with E-state index in [2.05, 4.69) is 22.4 Å². The van der Waals surface area contributed by atoms with Gasteiger partial charge in [0.2, 0.25) is 5.91 Å². The minimum Gasteiger partial charge on any atom is -0.356 e. The first-order valence-corrected chi connectivity index (χ1v) is 7.36. The molecule has 0 unspecified atom stereocenters. The smallest absolute Gasteiger partial charge is 0.216 e. The fourth-order valence-corrected chi connectivity index (χ4v) is 3.16. The van der Waals surface area contributed by atoms with E-state index in [1.54, 1.807) is 6.92 Å². The summed E-state index contributed by atoms with van der Waals surface area (Å²) in [6, 6.07) is 0. The number of hydrogen-bond acceptors (Lipinski definition) is 2. The number of piperidine rings is 1. The Bertz CT molecular complexity index is 301. The molecular weight excluding hydrogens is 224 g/mol. The third-order valence-electron chi connectivity index (χ3n) is 4.14. The lowest BCUT2D eigenvalue weighted by Crippen LogP contribution is -2.42. The van der Waals surface area contributed by atoms with Crippen molar-refractivity contribution in [2.45, 2.75) is 39.0 Å². The van der Waals surface area contributed by atoms with Gasteiger partial charge in [0.25, 0.3) is 0 Å². The molecule has 2 aliphatic rings. The highest BCUT2D eigenvalue weighted by Gasteiger charge is 2.22. The first kappa shape index (κ1) is 13.6. The maximum Gasteiger partial charge on any atom is 0.216 e. The van der Waals surface area contributed by atoms with Gasteiger partial charge in [0.05, 0.1) is 0 Å². The number of rotatable bonds is 4. The minimum absolute atomic E-state index is 0.101. The van der Waals surface area contributed by atoms with Crippen molar-refractivity contribution >= 4 is 5.91 Å². The van der Waals surface area contributed by atoms with Crippen LogP contribution in [0.1, 0.15) is 39.0 Å². The highest BCUT2D eigenvalue weighted by molar-refractivity contribution is 5.72. The quantitative estimate of drug-likeness (QED) is 0.776. The molecule has 102 valence electrons. The van der Waals surface area contributed by atoms with Crippen LogP contribution in [-0.4, -0.2) is 37.0 Å². The van der Waals surface area contributed by atoms with Crippen molar-refractivity contribution in [3.05, 3.63) is 12.2 Å². The van der Waals surface area contributed by atoms with Gasteiger partial charge in [0.1, 0.15) is 0 Å². The van der Waals surface area contributed by atoms with Crippen LogP contribution in [-0.2, 0) is 4.79 Å². The summed E-state index contributed by atoms with van der Waals surface area (Å²) in [6.45, 7) is 6.13. The van der Waals surface area contributed by atoms with E-state index in [4.69, 9.17) is 0 Å². The predicted molar refractivity (Wildman–Crippen MR) is 74.3 cm³/mol. The Labute approximate surface area is 111 Å². The van der Waals surface area contributed by atoms with E-state index in [1.807, 2.05) is 0 Å². The number of likely N-dealkylation sites (tertiary alicyclic amines) is 1. The highest BCUT2D eigenvalue weighted by atomic mass is 16.1. The number of carbonyl (C=O) groups is 1. The van der Waals surface area contributed by atoms with Crippen LogP contribution in [0.4, 0.5) is 0 Å². The average molecular weight is 250 g/mol. The number of allylic oxidation sites excluding steroid dienone is 2. The van der Waals surface area contributed by atoms with E-state index in [0.717, 1.165) is 12.5 Å². The van der Waals surface area contributed by atoms with Crippen LogP contribution >= 0.6 is 0 Å². The molecule has 0 radical (unpaired) electrons. The SMILES string of the molecule is CC(=O)NC[C@H]1CCCN(C[C@H]2CC=CCC2)C1. The second kappa shape index (κ2) is 6.93. The van der Waals surface area contributed by atoms with Gasteiger partial charge in [-0.15, -0.1) is 0 Å². The molecule has 1 fully saturated rings. The van der Waals surface area contributed by atoms with Crippen LogP contribution in [0.25, 0.3) is 0 Å². The molecule has 0 bridgehead atoms. The minimum atomic E-state index is 0.101. The van der Waals surface area contributed by atoms with Crippen LogP contribution in [0.15, 0.2) is 12.2 Å². The molecule has 1 heterocycles. The molecule has 0 saturated carbocycles. The Balaban J connectivity index is 1.72. The van der Waals surface area contributed by atoms with Crippen molar-refractivity contribution < 1.29 is 4.79 Å². The normalized spacial score (nSPS) is 29.2. The van der Waals surface area contributed by atoms with Gasteiger partial charge in [-0.25, -0.2) is 0 Å². The summed E-state index contributed by atoms with van der Waals surface area (Å²) in [6.07, 6.45) is 11.1. The molecule has 1 saturated heterocycles. The Hall–Kier alpha value is -0.830. The van der Waals surface area contributed by atoms with E-state index < -0.39 is 0 Å². The largest absolute Gasteiger partial charge is 0.356 e. The first-order chi connectivity index (χ1) is 8.74. The van der Waals surface area contributed by atoms with E-state index in [0.29, 0.717) is 5.92 Å². The van der Waals surface area contributed by atoms with Gasteiger partial charge < -0.3 is 10.2 Å². The average Bonchev–Trinajstić information content (AvgIpc) is 2.38. The lowest BCUT2D eigenvalue weighted by Gasteiger charge is -2.35. The summed E-state index contributed by atoms with van der Waals surface area (Å²) >= 11 is 0. The van der Waals surface area contributed by atoms with E-state index >= 15 is 0 Å². The molecule has 2 atom stereocenters. The standard InChI is InChI=1S/C15H26N2O/c1-13(18)16-10-15-8-5-9-17(12-15)11-14-6-3-2-4-7-14/h2-3,14-15H,4-12H2,1H3,(H,16,18)/t14-,15+/m0/s1. The van der Waals surface area contributed by atoms with Gasteiger partial charge >= 0.3 is 0 Å². The van der Waals surface area contributed by atoms with Gasteiger partial charge in [0, 0.05) is 26.6 Å². The van der Waals surface area contributed by atoms with E-state index in [9.17, 15) is 4.79 Å². The molecule has 1 aliphatic heterocycles. The maximum atomic E-state index is 11.0. The molecule has 18 heavy (non-hydrogen) atoms. The number of carbonyl (C=O) groups excluding carboxylic acids is 1. The van der Waals surface area contributed by atoms with Gasteiger partial charge in [-0.2, -0.15) is 0 Å². The number of amides is 1. The molecule has 3 heteroatoms. The predicted octanol–water partition coefficient (Wildman–Crippen LogP) is 2.19. The third-order valence-corrected chi connectivity index (χ3v) is 4.14. The molecule has 0 spiro atoms. The Morgan fingerprint density at radius 3 is 2.94 bits per heavy atom. The van der Waals surface area contributed by atoms with Crippen LogP contribution in [0.3, 0.4) is 0 Å². The van der Waals surface area contributed by atoms with Crippen LogP contribution in [0.5, 0.6) is 0 Å². The highest BCUT2D eigenvalue weighted by Crippen LogP contribution is 2.22. The molecule has 1 N–H and O–H groups in total. The molecule has 1 aliphatic carbocycles. The van der Waals surface area contributed by atoms with Crippen molar-refractivity contribution in [2.75, 3.05) is 26.2 Å². The van der Waals surface area contributed by atoms with Crippen LogP contribution in [0.2, 0.25) is 0 Å². The van der Waals surface area contributed by atoms with Crippen molar-refractivity contribution in [3.8, 4) is 0 Å². The van der Waals surface area contributed by atoms with Gasteiger partial charge in [-0.3, -0.25) is 4.79 Å². The van der Waals surface area contributed by atoms with Crippen LogP contribution < -0.4 is 5.32 Å². The second-order valence-corrected chi connectivity index (χ2v) is 5.86. The summed E-state index contributed by atoms with van der Waals surface area (Å²) in [5.41, 5.74) is 0. The lowest BCUT2D eigenvalue weighted by molar-refractivity contribution is -0.119. The van der Waals surface area contributed by atoms with Crippen molar-refractivity contribution in [1.82, 2.24) is 10.2 Å². The summed E-state index contributed by atoms with van der Waals surface area (Å²) in [5, 5.41) is 2.96. The molecule has 0 aromatic rings. The molecule has 3 nitrogen and oxygen atoms in total. The van der Waals surface area contributed by atoms with Crippen molar-refractivity contribution in [2.24, 2.45) is 11.8 Å². The van der Waals surface area contributed by atoms with E-state index in [1.165, 1.54) is 51.7 Å². The summed E-state index contributed by atoms with van der Waals surface area (Å²) in [5.74, 6) is 1.61. The van der Waals surface area contributed by atoms with Gasteiger partial charge in [-0.1, -0.05) is 12.2 Å². The Morgan fingerprint density at radius 2 is 2.22 bits per heavy atom. The molecule has 0 aromatic heterocycles. The Morgan fingerprint density at radius 1 is 1.33 bits per heavy atom.